The lowest BCUT2D eigenvalue weighted by atomic mass is 10.0. The van der Waals surface area contributed by atoms with E-state index in [1.54, 1.807) is 0 Å². The molecule has 0 aliphatic heterocycles. The zero-order valence-corrected chi connectivity index (χ0v) is 8.26. The van der Waals surface area contributed by atoms with E-state index >= 15 is 0 Å². The van der Waals surface area contributed by atoms with Gasteiger partial charge in [0.25, 0.3) is 0 Å². The third kappa shape index (κ3) is 2.05. The monoisotopic (exact) mass is 200 g/mol. The minimum Gasteiger partial charge on any atom is -0.385 e. The molecule has 2 aromatic carbocycles. The number of aliphatic hydroxyl groups excluding tert-OH is 1. The summed E-state index contributed by atoms with van der Waals surface area (Å²) in [4.78, 5) is 10.4. The standard InChI is InChI=1S/C13H12O2/c14-9-12(15)8-11-6-3-5-10-4-1-2-7-13(10)11/h1-7,9,12,15H,8H2. The molecule has 2 aromatic rings. The summed E-state index contributed by atoms with van der Waals surface area (Å²) in [5.41, 5.74) is 1.01. The molecule has 1 atom stereocenters. The van der Waals surface area contributed by atoms with Crippen molar-refractivity contribution in [3.05, 3.63) is 48.0 Å². The van der Waals surface area contributed by atoms with Gasteiger partial charge in [-0.25, -0.2) is 0 Å². The summed E-state index contributed by atoms with van der Waals surface area (Å²) in [6.45, 7) is 0. The van der Waals surface area contributed by atoms with Gasteiger partial charge < -0.3 is 9.90 Å². The molecular weight excluding hydrogens is 188 g/mol. The number of benzene rings is 2. The van der Waals surface area contributed by atoms with E-state index in [1.807, 2.05) is 42.5 Å². The molecule has 0 saturated carbocycles. The number of hydrogen-bond acceptors (Lipinski definition) is 2. The molecule has 2 rings (SSSR count). The van der Waals surface area contributed by atoms with Crippen molar-refractivity contribution in [1.29, 1.82) is 0 Å². The van der Waals surface area contributed by atoms with Crippen molar-refractivity contribution in [2.45, 2.75) is 12.5 Å². The normalized spacial score (nSPS) is 12.6. The molecule has 15 heavy (non-hydrogen) atoms. The lowest BCUT2D eigenvalue weighted by Gasteiger charge is -2.07. The van der Waals surface area contributed by atoms with Crippen molar-refractivity contribution in [2.24, 2.45) is 0 Å². The summed E-state index contributed by atoms with van der Waals surface area (Å²) in [6.07, 6.45) is 0.0444. The SMILES string of the molecule is O=CC(O)Cc1cccc2ccccc12. The van der Waals surface area contributed by atoms with Crippen molar-refractivity contribution < 1.29 is 9.90 Å². The molecule has 0 aliphatic rings. The number of carbonyl (C=O) groups is 1. The van der Waals surface area contributed by atoms with Crippen LogP contribution in [0.1, 0.15) is 5.56 Å². The summed E-state index contributed by atoms with van der Waals surface area (Å²) < 4.78 is 0. The first-order chi connectivity index (χ1) is 7.31. The first kappa shape index (κ1) is 9.87. The average molecular weight is 200 g/mol. The van der Waals surface area contributed by atoms with Crippen molar-refractivity contribution in [2.75, 3.05) is 0 Å². The fraction of sp³-hybridized carbons (Fsp3) is 0.154. The quantitative estimate of drug-likeness (QED) is 0.769. The average Bonchev–Trinajstić information content (AvgIpc) is 2.29. The maximum Gasteiger partial charge on any atom is 0.148 e. The smallest absolute Gasteiger partial charge is 0.148 e. The predicted molar refractivity (Wildman–Crippen MR) is 59.7 cm³/mol. The van der Waals surface area contributed by atoms with E-state index < -0.39 is 6.10 Å². The van der Waals surface area contributed by atoms with E-state index in [4.69, 9.17) is 0 Å². The van der Waals surface area contributed by atoms with Crippen molar-refractivity contribution >= 4 is 17.1 Å². The van der Waals surface area contributed by atoms with Crippen LogP contribution in [0.25, 0.3) is 10.8 Å². The summed E-state index contributed by atoms with van der Waals surface area (Å²) in [5, 5.41) is 11.5. The highest BCUT2D eigenvalue weighted by atomic mass is 16.3. The molecule has 0 fully saturated rings. The second kappa shape index (κ2) is 4.24. The third-order valence-electron chi connectivity index (χ3n) is 2.47. The highest BCUT2D eigenvalue weighted by molar-refractivity contribution is 5.85. The summed E-state index contributed by atoms with van der Waals surface area (Å²) in [5.74, 6) is 0. The summed E-state index contributed by atoms with van der Waals surface area (Å²) >= 11 is 0. The molecular formula is C13H12O2. The Morgan fingerprint density at radius 2 is 1.87 bits per heavy atom. The highest BCUT2D eigenvalue weighted by Crippen LogP contribution is 2.19. The molecule has 1 unspecified atom stereocenters. The van der Waals surface area contributed by atoms with Crippen molar-refractivity contribution in [1.82, 2.24) is 0 Å². The van der Waals surface area contributed by atoms with Crippen LogP contribution in [0.2, 0.25) is 0 Å². The van der Waals surface area contributed by atoms with Crippen LogP contribution >= 0.6 is 0 Å². The predicted octanol–water partition coefficient (Wildman–Crippen LogP) is 1.94. The molecule has 76 valence electrons. The van der Waals surface area contributed by atoms with E-state index in [2.05, 4.69) is 0 Å². The fourth-order valence-corrected chi connectivity index (χ4v) is 1.74. The first-order valence-corrected chi connectivity index (χ1v) is 4.91. The van der Waals surface area contributed by atoms with Gasteiger partial charge in [-0.1, -0.05) is 42.5 Å². The molecule has 2 heteroatoms. The lowest BCUT2D eigenvalue weighted by Crippen LogP contribution is -2.11. The molecule has 0 spiro atoms. The van der Waals surface area contributed by atoms with E-state index in [0.717, 1.165) is 16.3 Å². The largest absolute Gasteiger partial charge is 0.385 e. The minimum absolute atomic E-state index is 0.380. The first-order valence-electron chi connectivity index (χ1n) is 4.91. The van der Waals surface area contributed by atoms with Crippen LogP contribution < -0.4 is 0 Å². The van der Waals surface area contributed by atoms with Gasteiger partial charge >= 0.3 is 0 Å². The number of aldehydes is 1. The van der Waals surface area contributed by atoms with Crippen molar-refractivity contribution in [3.63, 3.8) is 0 Å². The number of rotatable bonds is 3. The zero-order valence-electron chi connectivity index (χ0n) is 8.26. The molecule has 0 bridgehead atoms. The summed E-state index contributed by atoms with van der Waals surface area (Å²) in [6, 6.07) is 13.9. The summed E-state index contributed by atoms with van der Waals surface area (Å²) in [7, 11) is 0. The number of fused-ring (bicyclic) bond motifs is 1. The van der Waals surface area contributed by atoms with Gasteiger partial charge in [0.1, 0.15) is 12.4 Å². The van der Waals surface area contributed by atoms with E-state index in [1.165, 1.54) is 0 Å². The molecule has 0 amide bonds. The number of carbonyl (C=O) groups excluding carboxylic acids is 1. The second-order valence-corrected chi connectivity index (χ2v) is 3.55. The van der Waals surface area contributed by atoms with Crippen LogP contribution in [0.4, 0.5) is 0 Å². The van der Waals surface area contributed by atoms with E-state index in [0.29, 0.717) is 12.7 Å². The Balaban J connectivity index is 2.46. The van der Waals surface area contributed by atoms with Crippen LogP contribution in [-0.4, -0.2) is 17.5 Å². The molecule has 1 N–H and O–H groups in total. The highest BCUT2D eigenvalue weighted by Gasteiger charge is 2.06. The Labute approximate surface area is 88.2 Å². The van der Waals surface area contributed by atoms with Crippen LogP contribution in [-0.2, 0) is 11.2 Å². The zero-order chi connectivity index (χ0) is 10.7. The maximum absolute atomic E-state index is 10.4. The Morgan fingerprint density at radius 1 is 1.13 bits per heavy atom. The number of hydrogen-bond donors (Lipinski definition) is 1. The fourth-order valence-electron chi connectivity index (χ4n) is 1.74. The lowest BCUT2D eigenvalue weighted by molar-refractivity contribution is -0.114. The van der Waals surface area contributed by atoms with Gasteiger partial charge in [0.05, 0.1) is 0 Å². The Hall–Kier alpha value is -1.67. The Kier molecular flexibility index (Phi) is 2.79. The minimum atomic E-state index is -0.907. The van der Waals surface area contributed by atoms with E-state index in [9.17, 15) is 9.90 Å². The third-order valence-corrected chi connectivity index (χ3v) is 2.47. The van der Waals surface area contributed by atoms with Gasteiger partial charge in [-0.3, -0.25) is 0 Å². The van der Waals surface area contributed by atoms with Gasteiger partial charge in [-0.05, 0) is 16.3 Å². The molecule has 2 nitrogen and oxygen atoms in total. The van der Waals surface area contributed by atoms with Gasteiger partial charge in [0.2, 0.25) is 0 Å². The van der Waals surface area contributed by atoms with Gasteiger partial charge in [-0.2, -0.15) is 0 Å². The molecule has 0 aromatic heterocycles. The van der Waals surface area contributed by atoms with Crippen LogP contribution in [0, 0.1) is 0 Å². The second-order valence-electron chi connectivity index (χ2n) is 3.55. The number of aliphatic hydroxyl groups is 1. The van der Waals surface area contributed by atoms with Gasteiger partial charge in [0, 0.05) is 6.42 Å². The Bertz CT molecular complexity index is 471. The Morgan fingerprint density at radius 3 is 2.67 bits per heavy atom. The van der Waals surface area contributed by atoms with Crippen molar-refractivity contribution in [3.8, 4) is 0 Å². The van der Waals surface area contributed by atoms with Crippen LogP contribution in [0.5, 0.6) is 0 Å². The van der Waals surface area contributed by atoms with Crippen LogP contribution in [0.15, 0.2) is 42.5 Å². The van der Waals surface area contributed by atoms with Crippen LogP contribution in [0.3, 0.4) is 0 Å². The molecule has 0 saturated heterocycles. The molecule has 0 radical (unpaired) electrons. The topological polar surface area (TPSA) is 37.3 Å². The van der Waals surface area contributed by atoms with Gasteiger partial charge in [0.15, 0.2) is 0 Å². The molecule has 0 heterocycles. The van der Waals surface area contributed by atoms with Gasteiger partial charge in [-0.15, -0.1) is 0 Å². The maximum atomic E-state index is 10.4. The molecule has 0 aliphatic carbocycles. The van der Waals surface area contributed by atoms with E-state index in [-0.39, 0.29) is 0 Å².